The molecule has 1 atom stereocenters. The van der Waals surface area contributed by atoms with Crippen LogP contribution in [0, 0.1) is 0 Å². The van der Waals surface area contributed by atoms with Crippen LogP contribution in [0.3, 0.4) is 0 Å². The van der Waals surface area contributed by atoms with E-state index in [0.717, 1.165) is 37.2 Å². The first-order valence-electron chi connectivity index (χ1n) is 8.46. The Kier molecular flexibility index (Phi) is 5.43. The van der Waals surface area contributed by atoms with Crippen molar-refractivity contribution in [2.45, 2.75) is 32.3 Å². The monoisotopic (exact) mass is 325 g/mol. The van der Waals surface area contributed by atoms with Gasteiger partial charge < -0.3 is 15.4 Å². The maximum atomic E-state index is 12.2. The lowest BCUT2D eigenvalue weighted by molar-refractivity contribution is 0.0854. The number of carbonyl (C=O) groups excluding carboxylic acids is 1. The van der Waals surface area contributed by atoms with Gasteiger partial charge in [0.05, 0.1) is 6.10 Å². The van der Waals surface area contributed by atoms with Crippen molar-refractivity contribution >= 4 is 17.3 Å². The summed E-state index contributed by atoms with van der Waals surface area (Å²) in [6, 6.07) is 11.9. The Hall–Kier alpha value is -2.40. The predicted molar refractivity (Wildman–Crippen MR) is 94.6 cm³/mol. The Bertz CT molecular complexity index is 679. The lowest BCUT2D eigenvalue weighted by Gasteiger charge is -2.11. The summed E-state index contributed by atoms with van der Waals surface area (Å²) < 4.78 is 5.51. The van der Waals surface area contributed by atoms with Crippen molar-refractivity contribution in [1.29, 1.82) is 0 Å². The number of ether oxygens (including phenoxy) is 1. The number of amides is 1. The minimum atomic E-state index is -0.171. The third kappa shape index (κ3) is 4.32. The van der Waals surface area contributed by atoms with Crippen molar-refractivity contribution in [1.82, 2.24) is 10.3 Å². The van der Waals surface area contributed by atoms with Gasteiger partial charge in [-0.05, 0) is 49.1 Å². The standard InChI is InChI=1S/C19H23N3O2/c1-2-14-5-7-15(8-6-14)22-16-9-10-20-18(12-16)19(23)21-13-17-4-3-11-24-17/h5-10,12,17H,2-4,11,13H2,1H3,(H,20,22)(H,21,23). The van der Waals surface area contributed by atoms with E-state index in [0.29, 0.717) is 12.2 Å². The summed E-state index contributed by atoms with van der Waals surface area (Å²) in [5.41, 5.74) is 3.54. The third-order valence-electron chi connectivity index (χ3n) is 4.16. The summed E-state index contributed by atoms with van der Waals surface area (Å²) in [7, 11) is 0. The third-order valence-corrected chi connectivity index (χ3v) is 4.16. The van der Waals surface area contributed by atoms with Gasteiger partial charge in [-0.25, -0.2) is 0 Å². The molecule has 1 aromatic heterocycles. The first-order chi connectivity index (χ1) is 11.7. The van der Waals surface area contributed by atoms with Crippen LogP contribution in [0.2, 0.25) is 0 Å². The van der Waals surface area contributed by atoms with E-state index in [1.54, 1.807) is 12.3 Å². The minimum Gasteiger partial charge on any atom is -0.376 e. The number of nitrogens with one attached hydrogen (secondary N) is 2. The Morgan fingerprint density at radius 3 is 2.79 bits per heavy atom. The molecule has 0 saturated carbocycles. The van der Waals surface area contributed by atoms with Crippen molar-refractivity contribution in [2.75, 3.05) is 18.5 Å². The molecule has 1 fully saturated rings. The normalized spacial score (nSPS) is 16.8. The smallest absolute Gasteiger partial charge is 0.270 e. The number of anilines is 2. The molecular weight excluding hydrogens is 302 g/mol. The van der Waals surface area contributed by atoms with Gasteiger partial charge in [0.15, 0.2) is 0 Å². The van der Waals surface area contributed by atoms with Crippen LogP contribution >= 0.6 is 0 Å². The highest BCUT2D eigenvalue weighted by atomic mass is 16.5. The second kappa shape index (κ2) is 7.93. The zero-order chi connectivity index (χ0) is 16.8. The molecule has 2 aromatic rings. The zero-order valence-electron chi connectivity index (χ0n) is 13.9. The fourth-order valence-corrected chi connectivity index (χ4v) is 2.73. The Balaban J connectivity index is 1.60. The van der Waals surface area contributed by atoms with Crippen LogP contribution in [0.1, 0.15) is 35.8 Å². The Morgan fingerprint density at radius 1 is 1.25 bits per heavy atom. The highest BCUT2D eigenvalue weighted by Crippen LogP contribution is 2.18. The average molecular weight is 325 g/mol. The quantitative estimate of drug-likeness (QED) is 0.855. The first-order valence-corrected chi connectivity index (χ1v) is 8.46. The summed E-state index contributed by atoms with van der Waals surface area (Å²) in [6.45, 7) is 3.46. The number of rotatable bonds is 6. The van der Waals surface area contributed by atoms with Crippen molar-refractivity contribution < 1.29 is 9.53 Å². The van der Waals surface area contributed by atoms with Crippen molar-refractivity contribution in [2.24, 2.45) is 0 Å². The SMILES string of the molecule is CCc1ccc(Nc2ccnc(C(=O)NCC3CCCO3)c2)cc1. The van der Waals surface area contributed by atoms with Gasteiger partial charge in [0.1, 0.15) is 5.69 Å². The lowest BCUT2D eigenvalue weighted by atomic mass is 10.1. The molecule has 1 amide bonds. The summed E-state index contributed by atoms with van der Waals surface area (Å²) in [5, 5.41) is 6.20. The van der Waals surface area contributed by atoms with E-state index in [9.17, 15) is 4.79 Å². The van der Waals surface area contributed by atoms with Gasteiger partial charge in [-0.1, -0.05) is 19.1 Å². The van der Waals surface area contributed by atoms with Crippen LogP contribution in [-0.4, -0.2) is 30.1 Å². The van der Waals surface area contributed by atoms with Crippen LogP contribution < -0.4 is 10.6 Å². The molecule has 2 N–H and O–H groups in total. The topological polar surface area (TPSA) is 63.2 Å². The number of pyridine rings is 1. The molecule has 1 saturated heterocycles. The van der Waals surface area contributed by atoms with Crippen LogP contribution in [0.25, 0.3) is 0 Å². The fourth-order valence-electron chi connectivity index (χ4n) is 2.73. The van der Waals surface area contributed by atoms with E-state index in [1.165, 1.54) is 5.56 Å². The molecule has 0 spiro atoms. The number of benzene rings is 1. The van der Waals surface area contributed by atoms with Crippen LogP contribution in [0.15, 0.2) is 42.6 Å². The molecule has 126 valence electrons. The Labute approximate surface area is 142 Å². The highest BCUT2D eigenvalue weighted by Gasteiger charge is 2.17. The van der Waals surface area contributed by atoms with E-state index in [1.807, 2.05) is 18.2 Å². The van der Waals surface area contributed by atoms with Gasteiger partial charge in [0.2, 0.25) is 0 Å². The number of aromatic nitrogens is 1. The number of hydrogen-bond acceptors (Lipinski definition) is 4. The van der Waals surface area contributed by atoms with Gasteiger partial charge in [-0.2, -0.15) is 0 Å². The van der Waals surface area contributed by atoms with Gasteiger partial charge >= 0.3 is 0 Å². The lowest BCUT2D eigenvalue weighted by Crippen LogP contribution is -2.32. The van der Waals surface area contributed by atoms with Gasteiger partial charge in [0, 0.05) is 30.7 Å². The molecule has 1 aliphatic rings. The number of aryl methyl sites for hydroxylation is 1. The molecule has 0 aliphatic carbocycles. The molecule has 2 heterocycles. The molecular formula is C19H23N3O2. The molecule has 5 nitrogen and oxygen atoms in total. The summed E-state index contributed by atoms with van der Waals surface area (Å²) in [4.78, 5) is 16.4. The first kappa shape index (κ1) is 16.5. The maximum Gasteiger partial charge on any atom is 0.270 e. The summed E-state index contributed by atoms with van der Waals surface area (Å²) >= 11 is 0. The Morgan fingerprint density at radius 2 is 2.08 bits per heavy atom. The predicted octanol–water partition coefficient (Wildman–Crippen LogP) is 3.30. The minimum absolute atomic E-state index is 0.132. The molecule has 3 rings (SSSR count). The van der Waals surface area contributed by atoms with Crippen molar-refractivity contribution in [3.8, 4) is 0 Å². The second-order valence-electron chi connectivity index (χ2n) is 5.95. The van der Waals surface area contributed by atoms with Gasteiger partial charge in [-0.15, -0.1) is 0 Å². The molecule has 1 aliphatic heterocycles. The molecule has 1 unspecified atom stereocenters. The van der Waals surface area contributed by atoms with E-state index in [4.69, 9.17) is 4.74 Å². The highest BCUT2D eigenvalue weighted by molar-refractivity contribution is 5.93. The van der Waals surface area contributed by atoms with E-state index in [-0.39, 0.29) is 12.0 Å². The van der Waals surface area contributed by atoms with Crippen LogP contribution in [0.5, 0.6) is 0 Å². The zero-order valence-corrected chi connectivity index (χ0v) is 13.9. The largest absolute Gasteiger partial charge is 0.376 e. The molecule has 0 bridgehead atoms. The van der Waals surface area contributed by atoms with E-state index >= 15 is 0 Å². The number of hydrogen-bond donors (Lipinski definition) is 2. The van der Waals surface area contributed by atoms with Gasteiger partial charge in [0.25, 0.3) is 5.91 Å². The summed E-state index contributed by atoms with van der Waals surface area (Å²) in [6.07, 6.45) is 4.86. The van der Waals surface area contributed by atoms with E-state index < -0.39 is 0 Å². The van der Waals surface area contributed by atoms with Crippen molar-refractivity contribution in [3.63, 3.8) is 0 Å². The molecule has 1 aromatic carbocycles. The summed E-state index contributed by atoms with van der Waals surface area (Å²) in [5.74, 6) is -0.171. The average Bonchev–Trinajstić information content (AvgIpc) is 3.14. The second-order valence-corrected chi connectivity index (χ2v) is 5.95. The van der Waals surface area contributed by atoms with Crippen molar-refractivity contribution in [3.05, 3.63) is 53.9 Å². The van der Waals surface area contributed by atoms with Crippen LogP contribution in [-0.2, 0) is 11.2 Å². The molecule has 0 radical (unpaired) electrons. The molecule has 5 heteroatoms. The fraction of sp³-hybridized carbons (Fsp3) is 0.368. The maximum absolute atomic E-state index is 12.2. The number of nitrogens with zero attached hydrogens (tertiary/aromatic N) is 1. The van der Waals surface area contributed by atoms with Crippen LogP contribution in [0.4, 0.5) is 11.4 Å². The molecule has 24 heavy (non-hydrogen) atoms. The van der Waals surface area contributed by atoms with Gasteiger partial charge in [-0.3, -0.25) is 9.78 Å². The number of carbonyl (C=O) groups is 1. The van der Waals surface area contributed by atoms with E-state index in [2.05, 4.69) is 34.7 Å².